The van der Waals surface area contributed by atoms with Gasteiger partial charge in [0.25, 0.3) is 5.91 Å². The summed E-state index contributed by atoms with van der Waals surface area (Å²) in [5.74, 6) is 0.915. The van der Waals surface area contributed by atoms with Crippen molar-refractivity contribution in [1.29, 1.82) is 0 Å². The van der Waals surface area contributed by atoms with Gasteiger partial charge in [0.1, 0.15) is 5.82 Å². The third-order valence-electron chi connectivity index (χ3n) is 5.68. The molecule has 0 unspecified atom stereocenters. The van der Waals surface area contributed by atoms with Crippen LogP contribution in [0.25, 0.3) is 10.9 Å². The number of para-hydroxylation sites is 1. The number of carbonyl (C=O) groups excluding carboxylic acids is 1. The summed E-state index contributed by atoms with van der Waals surface area (Å²) in [5, 5.41) is 7.97. The van der Waals surface area contributed by atoms with Crippen molar-refractivity contribution in [2.75, 3.05) is 24.3 Å². The minimum absolute atomic E-state index is 0.000435. The number of benzene rings is 2. The Morgan fingerprint density at radius 3 is 2.47 bits per heavy atom. The topological polar surface area (TPSA) is 57.3 Å². The van der Waals surface area contributed by atoms with E-state index in [0.29, 0.717) is 11.6 Å². The summed E-state index contributed by atoms with van der Waals surface area (Å²) in [6, 6.07) is 18.5. The van der Waals surface area contributed by atoms with Crippen molar-refractivity contribution in [3.63, 3.8) is 0 Å². The molecule has 1 heterocycles. The van der Waals surface area contributed by atoms with Gasteiger partial charge in [-0.25, -0.2) is 4.98 Å². The molecule has 0 spiro atoms. The second kappa shape index (κ2) is 9.04. The van der Waals surface area contributed by atoms with Crippen molar-refractivity contribution in [2.24, 2.45) is 0 Å². The molecular formula is C24H27BrN4O. The molecule has 30 heavy (non-hydrogen) atoms. The number of rotatable bonds is 5. The summed E-state index contributed by atoms with van der Waals surface area (Å²) in [6.07, 6.45) is 3.95. The third-order valence-corrected chi connectivity index (χ3v) is 6.17. The fourth-order valence-electron chi connectivity index (χ4n) is 4.09. The predicted molar refractivity (Wildman–Crippen MR) is 127 cm³/mol. The van der Waals surface area contributed by atoms with Gasteiger partial charge < -0.3 is 15.5 Å². The first-order valence-electron chi connectivity index (χ1n) is 10.4. The Morgan fingerprint density at radius 2 is 1.73 bits per heavy atom. The molecule has 0 atom stereocenters. The molecule has 4 rings (SSSR count). The fraction of sp³-hybridized carbons (Fsp3) is 0.333. The van der Waals surface area contributed by atoms with E-state index in [-0.39, 0.29) is 11.9 Å². The summed E-state index contributed by atoms with van der Waals surface area (Å²) in [6.45, 7) is 0. The lowest BCUT2D eigenvalue weighted by Gasteiger charge is -2.30. The average molecular weight is 467 g/mol. The number of aromatic nitrogens is 1. The Morgan fingerprint density at radius 1 is 1.00 bits per heavy atom. The smallest absolute Gasteiger partial charge is 0.251 e. The van der Waals surface area contributed by atoms with Crippen molar-refractivity contribution in [3.8, 4) is 0 Å². The maximum absolute atomic E-state index is 12.5. The van der Waals surface area contributed by atoms with E-state index >= 15 is 0 Å². The standard InChI is InChI=1S/C24H27BrN4O/c1-29(2)22-15-23(28-21-9-4-3-8-20(21)22)26-18-10-12-19(13-11-18)27-24(30)16-6-5-7-17(25)14-16/h3-9,14-15,18-19H,10-13H2,1-2H3,(H,26,28)(H,27,30). The van der Waals surface area contributed by atoms with Gasteiger partial charge in [-0.2, -0.15) is 0 Å². The lowest BCUT2D eigenvalue weighted by Crippen LogP contribution is -2.40. The summed E-state index contributed by atoms with van der Waals surface area (Å²) < 4.78 is 0.919. The first-order chi connectivity index (χ1) is 14.5. The maximum Gasteiger partial charge on any atom is 0.251 e. The Labute approximate surface area is 186 Å². The highest BCUT2D eigenvalue weighted by atomic mass is 79.9. The van der Waals surface area contributed by atoms with Crippen molar-refractivity contribution in [1.82, 2.24) is 10.3 Å². The molecule has 1 aliphatic rings. The van der Waals surface area contributed by atoms with Gasteiger partial charge in [-0.1, -0.05) is 40.2 Å². The van der Waals surface area contributed by atoms with Crippen LogP contribution in [0.3, 0.4) is 0 Å². The van der Waals surface area contributed by atoms with Gasteiger partial charge >= 0.3 is 0 Å². The lowest BCUT2D eigenvalue weighted by molar-refractivity contribution is 0.0926. The average Bonchev–Trinajstić information content (AvgIpc) is 2.74. The van der Waals surface area contributed by atoms with Crippen molar-refractivity contribution in [2.45, 2.75) is 37.8 Å². The quantitative estimate of drug-likeness (QED) is 0.541. The van der Waals surface area contributed by atoms with Crippen LogP contribution in [0.1, 0.15) is 36.0 Å². The molecule has 156 valence electrons. The summed E-state index contributed by atoms with van der Waals surface area (Å²) >= 11 is 3.43. The SMILES string of the molecule is CN(C)c1cc(NC2CCC(NC(=O)c3cccc(Br)c3)CC2)nc2ccccc12. The van der Waals surface area contributed by atoms with Crippen molar-refractivity contribution >= 4 is 44.2 Å². The van der Waals surface area contributed by atoms with E-state index in [9.17, 15) is 4.79 Å². The monoisotopic (exact) mass is 466 g/mol. The van der Waals surface area contributed by atoms with Crippen LogP contribution in [0.15, 0.2) is 59.1 Å². The molecule has 1 aromatic heterocycles. The molecule has 1 aliphatic carbocycles. The number of hydrogen-bond acceptors (Lipinski definition) is 4. The van der Waals surface area contributed by atoms with Gasteiger partial charge in [-0.05, 0) is 49.9 Å². The highest BCUT2D eigenvalue weighted by Crippen LogP contribution is 2.29. The van der Waals surface area contributed by atoms with Crippen LogP contribution >= 0.6 is 15.9 Å². The van der Waals surface area contributed by atoms with E-state index in [4.69, 9.17) is 4.98 Å². The highest BCUT2D eigenvalue weighted by Gasteiger charge is 2.23. The van der Waals surface area contributed by atoms with Gasteiger partial charge in [0.2, 0.25) is 0 Å². The zero-order chi connectivity index (χ0) is 21.1. The van der Waals surface area contributed by atoms with Crippen LogP contribution in [-0.2, 0) is 0 Å². The molecular weight excluding hydrogens is 440 g/mol. The minimum atomic E-state index is -0.000435. The van der Waals surface area contributed by atoms with Gasteiger partial charge in [0.15, 0.2) is 0 Å². The number of anilines is 2. The number of fused-ring (bicyclic) bond motifs is 1. The molecule has 0 radical (unpaired) electrons. The molecule has 3 aromatic rings. The molecule has 1 saturated carbocycles. The van der Waals surface area contributed by atoms with Crippen LogP contribution in [0, 0.1) is 0 Å². The Kier molecular flexibility index (Phi) is 6.23. The Bertz CT molecular complexity index is 1040. The molecule has 0 aliphatic heterocycles. The fourth-order valence-corrected chi connectivity index (χ4v) is 4.49. The first kappa shape index (κ1) is 20.7. The highest BCUT2D eigenvalue weighted by molar-refractivity contribution is 9.10. The normalized spacial score (nSPS) is 18.8. The number of nitrogens with zero attached hydrogens (tertiary/aromatic N) is 2. The number of pyridine rings is 1. The van der Waals surface area contributed by atoms with E-state index in [1.165, 1.54) is 0 Å². The van der Waals surface area contributed by atoms with E-state index in [2.05, 4.69) is 63.8 Å². The van der Waals surface area contributed by atoms with Gasteiger partial charge in [-0.15, -0.1) is 0 Å². The zero-order valence-corrected chi connectivity index (χ0v) is 18.9. The van der Waals surface area contributed by atoms with Crippen LogP contribution in [0.2, 0.25) is 0 Å². The Hall–Kier alpha value is -2.60. The molecule has 5 nitrogen and oxygen atoms in total. The molecule has 0 bridgehead atoms. The van der Waals surface area contributed by atoms with E-state index in [1.807, 2.05) is 36.4 Å². The van der Waals surface area contributed by atoms with Gasteiger partial charge in [0, 0.05) is 53.4 Å². The minimum Gasteiger partial charge on any atom is -0.377 e. The Balaban J connectivity index is 1.37. The summed E-state index contributed by atoms with van der Waals surface area (Å²) in [5.41, 5.74) is 2.86. The molecule has 1 amide bonds. The summed E-state index contributed by atoms with van der Waals surface area (Å²) in [4.78, 5) is 19.4. The maximum atomic E-state index is 12.5. The van der Waals surface area contributed by atoms with Crippen LogP contribution < -0.4 is 15.5 Å². The van der Waals surface area contributed by atoms with E-state index in [0.717, 1.165) is 52.6 Å². The van der Waals surface area contributed by atoms with Gasteiger partial charge in [-0.3, -0.25) is 4.79 Å². The summed E-state index contributed by atoms with van der Waals surface area (Å²) in [7, 11) is 4.12. The lowest BCUT2D eigenvalue weighted by atomic mass is 9.91. The van der Waals surface area contributed by atoms with Crippen LogP contribution in [0.5, 0.6) is 0 Å². The largest absolute Gasteiger partial charge is 0.377 e. The second-order valence-corrected chi connectivity index (χ2v) is 9.03. The van der Waals surface area contributed by atoms with Crippen molar-refractivity contribution < 1.29 is 4.79 Å². The molecule has 0 saturated heterocycles. The molecule has 6 heteroatoms. The van der Waals surface area contributed by atoms with E-state index in [1.54, 1.807) is 0 Å². The molecule has 2 N–H and O–H groups in total. The third kappa shape index (κ3) is 4.75. The second-order valence-electron chi connectivity index (χ2n) is 8.11. The van der Waals surface area contributed by atoms with Crippen molar-refractivity contribution in [3.05, 3.63) is 64.6 Å². The molecule has 1 fully saturated rings. The molecule has 2 aromatic carbocycles. The predicted octanol–water partition coefficient (Wildman–Crippen LogP) is 5.22. The number of amides is 1. The number of hydrogen-bond donors (Lipinski definition) is 2. The van der Waals surface area contributed by atoms with Crippen LogP contribution in [0.4, 0.5) is 11.5 Å². The van der Waals surface area contributed by atoms with Crippen LogP contribution in [-0.4, -0.2) is 37.1 Å². The zero-order valence-electron chi connectivity index (χ0n) is 17.4. The first-order valence-corrected chi connectivity index (χ1v) is 11.2. The number of carbonyl (C=O) groups is 1. The van der Waals surface area contributed by atoms with Gasteiger partial charge in [0.05, 0.1) is 5.52 Å². The number of halogens is 1. The number of nitrogens with one attached hydrogen (secondary N) is 2. The van der Waals surface area contributed by atoms with E-state index < -0.39 is 0 Å².